The topological polar surface area (TPSA) is 101 Å². The lowest BCUT2D eigenvalue weighted by Gasteiger charge is -2.24. The second-order valence-electron chi connectivity index (χ2n) is 7.40. The molecule has 0 aliphatic heterocycles. The molecule has 3 aromatic carbocycles. The van der Waals surface area contributed by atoms with Crippen LogP contribution in [-0.2, 0) is 24.7 Å². The lowest BCUT2D eigenvalue weighted by molar-refractivity contribution is -0.120. The van der Waals surface area contributed by atoms with E-state index in [4.69, 9.17) is 0 Å². The van der Waals surface area contributed by atoms with E-state index in [1.807, 2.05) is 30.3 Å². The van der Waals surface area contributed by atoms with Crippen molar-refractivity contribution >= 4 is 42.2 Å². The van der Waals surface area contributed by atoms with Crippen molar-refractivity contribution in [1.29, 1.82) is 0 Å². The van der Waals surface area contributed by atoms with Crippen LogP contribution in [0.5, 0.6) is 0 Å². The molecule has 0 heterocycles. The van der Waals surface area contributed by atoms with Crippen LogP contribution in [0.2, 0.25) is 0 Å². The number of rotatable bonds is 7. The van der Waals surface area contributed by atoms with Gasteiger partial charge in [-0.2, -0.15) is 0 Å². The molecule has 0 spiro atoms. The highest BCUT2D eigenvalue weighted by Crippen LogP contribution is 2.28. The van der Waals surface area contributed by atoms with Gasteiger partial charge >= 0.3 is 0 Å². The van der Waals surface area contributed by atoms with E-state index in [0.717, 1.165) is 27.6 Å². The van der Waals surface area contributed by atoms with Crippen LogP contribution in [0, 0.1) is 0 Å². The fourth-order valence-electron chi connectivity index (χ4n) is 3.31. The monoisotopic (exact) mass is 460 g/mol. The van der Waals surface area contributed by atoms with Crippen molar-refractivity contribution in [2.24, 2.45) is 0 Å². The lowest BCUT2D eigenvalue weighted by atomic mass is 10.1. The van der Waals surface area contributed by atoms with Crippen LogP contribution in [0.4, 0.5) is 5.69 Å². The summed E-state index contributed by atoms with van der Waals surface area (Å²) >= 11 is 0. The zero-order chi connectivity index (χ0) is 22.8. The van der Waals surface area contributed by atoms with Crippen LogP contribution < -0.4 is 9.62 Å². The molecule has 1 unspecified atom stereocenters. The van der Waals surface area contributed by atoms with Crippen molar-refractivity contribution in [3.05, 3.63) is 72.3 Å². The van der Waals surface area contributed by atoms with Gasteiger partial charge in [-0.15, -0.1) is 0 Å². The molecule has 9 heteroatoms. The number of sulfonamides is 1. The number of sulfone groups is 1. The molecule has 0 saturated carbocycles. The molecular formula is C22H24N2O5S2. The minimum Gasteiger partial charge on any atom is -0.348 e. The molecular weight excluding hydrogens is 436 g/mol. The standard InChI is InChI=1S/C22H24N2O5S2/c1-16(17-11-13-19(14-12-17)30(2,26)27)23-22(25)15-24(31(3,28)29)21-10-6-8-18-7-4-5-9-20(18)21/h4-14,16H,15H2,1-3H3,(H,23,25). The molecule has 0 bridgehead atoms. The van der Waals surface area contributed by atoms with Crippen molar-refractivity contribution in [3.8, 4) is 0 Å². The predicted octanol–water partition coefficient (Wildman–Crippen LogP) is 2.89. The summed E-state index contributed by atoms with van der Waals surface area (Å²) in [4.78, 5) is 12.9. The molecule has 0 radical (unpaired) electrons. The number of fused-ring (bicyclic) bond motifs is 1. The average molecular weight is 461 g/mol. The molecule has 1 amide bonds. The summed E-state index contributed by atoms with van der Waals surface area (Å²) in [6.07, 6.45) is 2.19. The van der Waals surface area contributed by atoms with Gasteiger partial charge in [0.1, 0.15) is 6.54 Å². The van der Waals surface area contributed by atoms with Crippen molar-refractivity contribution < 1.29 is 21.6 Å². The van der Waals surface area contributed by atoms with E-state index in [0.29, 0.717) is 11.3 Å². The number of nitrogens with zero attached hydrogens (tertiary/aromatic N) is 1. The second kappa shape index (κ2) is 8.68. The Labute approximate surface area is 182 Å². The van der Waals surface area contributed by atoms with E-state index in [2.05, 4.69) is 5.32 Å². The zero-order valence-electron chi connectivity index (χ0n) is 17.4. The fraction of sp³-hybridized carbons (Fsp3) is 0.227. The van der Waals surface area contributed by atoms with E-state index in [1.54, 1.807) is 31.2 Å². The Balaban J connectivity index is 1.82. The van der Waals surface area contributed by atoms with Gasteiger partial charge in [0.15, 0.2) is 9.84 Å². The quantitative estimate of drug-likeness (QED) is 0.584. The summed E-state index contributed by atoms with van der Waals surface area (Å²) in [5.41, 5.74) is 1.14. The van der Waals surface area contributed by atoms with E-state index >= 15 is 0 Å². The normalized spacial score (nSPS) is 13.0. The van der Waals surface area contributed by atoms with Crippen LogP contribution >= 0.6 is 0 Å². The first-order chi connectivity index (χ1) is 14.5. The Hall–Kier alpha value is -2.91. The number of amides is 1. The van der Waals surface area contributed by atoms with Gasteiger partial charge in [-0.05, 0) is 36.1 Å². The van der Waals surface area contributed by atoms with Gasteiger partial charge < -0.3 is 5.32 Å². The summed E-state index contributed by atoms with van der Waals surface area (Å²) in [6.45, 7) is 1.37. The Kier molecular flexibility index (Phi) is 6.38. The molecule has 0 aliphatic carbocycles. The number of carbonyl (C=O) groups is 1. The van der Waals surface area contributed by atoms with Crippen molar-refractivity contribution in [2.75, 3.05) is 23.4 Å². The molecule has 0 fully saturated rings. The first kappa shape index (κ1) is 22.8. The van der Waals surface area contributed by atoms with Crippen LogP contribution in [0.3, 0.4) is 0 Å². The third-order valence-corrected chi connectivity index (χ3v) is 7.16. The highest BCUT2D eigenvalue weighted by molar-refractivity contribution is 7.92. The SMILES string of the molecule is CC(NC(=O)CN(c1cccc2ccccc12)S(C)(=O)=O)c1ccc(S(C)(=O)=O)cc1. The molecule has 164 valence electrons. The fourth-order valence-corrected chi connectivity index (χ4v) is 4.81. The molecule has 31 heavy (non-hydrogen) atoms. The van der Waals surface area contributed by atoms with E-state index < -0.39 is 31.8 Å². The first-order valence-electron chi connectivity index (χ1n) is 9.51. The summed E-state index contributed by atoms with van der Waals surface area (Å²) in [6, 6.07) is 18.4. The average Bonchev–Trinajstić information content (AvgIpc) is 2.70. The number of hydrogen-bond acceptors (Lipinski definition) is 5. The molecule has 1 atom stereocenters. The maximum absolute atomic E-state index is 12.7. The molecule has 3 rings (SSSR count). The first-order valence-corrected chi connectivity index (χ1v) is 13.3. The minimum atomic E-state index is -3.72. The Morgan fingerprint density at radius 3 is 2.13 bits per heavy atom. The number of hydrogen-bond donors (Lipinski definition) is 1. The Morgan fingerprint density at radius 2 is 1.52 bits per heavy atom. The summed E-state index contributed by atoms with van der Waals surface area (Å²) < 4.78 is 49.3. The van der Waals surface area contributed by atoms with Crippen molar-refractivity contribution in [1.82, 2.24) is 5.32 Å². The van der Waals surface area contributed by atoms with Crippen LogP contribution in [0.1, 0.15) is 18.5 Å². The van der Waals surface area contributed by atoms with Crippen LogP contribution in [0.25, 0.3) is 10.8 Å². The number of anilines is 1. The van der Waals surface area contributed by atoms with Crippen LogP contribution in [0.15, 0.2) is 71.6 Å². The van der Waals surface area contributed by atoms with Gasteiger partial charge in [0.2, 0.25) is 15.9 Å². The zero-order valence-corrected chi connectivity index (χ0v) is 19.1. The Morgan fingerprint density at radius 1 is 0.903 bits per heavy atom. The number of carbonyl (C=O) groups excluding carboxylic acids is 1. The maximum atomic E-state index is 12.7. The predicted molar refractivity (Wildman–Crippen MR) is 122 cm³/mol. The van der Waals surface area contributed by atoms with Gasteiger partial charge in [0.25, 0.3) is 0 Å². The van der Waals surface area contributed by atoms with Crippen LogP contribution in [-0.4, -0.2) is 41.8 Å². The third kappa shape index (κ3) is 5.42. The summed E-state index contributed by atoms with van der Waals surface area (Å²) in [5, 5.41) is 4.38. The number of nitrogens with one attached hydrogen (secondary N) is 1. The summed E-state index contributed by atoms with van der Waals surface area (Å²) in [5.74, 6) is -0.474. The van der Waals surface area contributed by atoms with Gasteiger partial charge in [-0.1, -0.05) is 48.5 Å². The second-order valence-corrected chi connectivity index (χ2v) is 11.3. The van der Waals surface area contributed by atoms with Gasteiger partial charge in [-0.25, -0.2) is 16.8 Å². The lowest BCUT2D eigenvalue weighted by Crippen LogP contribution is -2.41. The molecule has 0 aliphatic rings. The van der Waals surface area contributed by atoms with E-state index in [-0.39, 0.29) is 11.4 Å². The Bertz CT molecular complexity index is 1310. The third-order valence-electron chi connectivity index (χ3n) is 4.91. The largest absolute Gasteiger partial charge is 0.348 e. The number of benzene rings is 3. The van der Waals surface area contributed by atoms with E-state index in [1.165, 1.54) is 12.1 Å². The highest BCUT2D eigenvalue weighted by Gasteiger charge is 2.23. The molecule has 1 N–H and O–H groups in total. The molecule has 3 aromatic rings. The minimum absolute atomic E-state index is 0.189. The van der Waals surface area contributed by atoms with Gasteiger partial charge in [-0.3, -0.25) is 9.10 Å². The highest BCUT2D eigenvalue weighted by atomic mass is 32.2. The molecule has 0 aromatic heterocycles. The van der Waals surface area contributed by atoms with Crippen molar-refractivity contribution in [2.45, 2.75) is 17.9 Å². The van der Waals surface area contributed by atoms with E-state index in [9.17, 15) is 21.6 Å². The smallest absolute Gasteiger partial charge is 0.241 e. The van der Waals surface area contributed by atoms with Crippen molar-refractivity contribution in [3.63, 3.8) is 0 Å². The van der Waals surface area contributed by atoms with Gasteiger partial charge in [0, 0.05) is 11.6 Å². The maximum Gasteiger partial charge on any atom is 0.241 e. The molecule has 7 nitrogen and oxygen atoms in total. The van der Waals surface area contributed by atoms with Gasteiger partial charge in [0.05, 0.1) is 22.9 Å². The summed E-state index contributed by atoms with van der Waals surface area (Å²) in [7, 11) is -7.03. The molecule has 0 saturated heterocycles.